The summed E-state index contributed by atoms with van der Waals surface area (Å²) in [5, 5.41) is 0. The van der Waals surface area contributed by atoms with E-state index >= 15 is 0 Å². The zero-order valence-corrected chi connectivity index (χ0v) is 9.57. The fourth-order valence-corrected chi connectivity index (χ4v) is 2.40. The van der Waals surface area contributed by atoms with Gasteiger partial charge >= 0.3 is 0 Å². The molecular formula is C14H13FN2. The van der Waals surface area contributed by atoms with Crippen LogP contribution in [0.15, 0.2) is 30.7 Å². The van der Waals surface area contributed by atoms with E-state index in [1.165, 1.54) is 0 Å². The minimum absolute atomic E-state index is 0.105. The van der Waals surface area contributed by atoms with Crippen LogP contribution in [-0.4, -0.2) is 9.97 Å². The van der Waals surface area contributed by atoms with E-state index in [4.69, 9.17) is 0 Å². The highest BCUT2D eigenvalue weighted by molar-refractivity contribution is 5.64. The third-order valence-electron chi connectivity index (χ3n) is 3.31. The lowest BCUT2D eigenvalue weighted by molar-refractivity contribution is 0.622. The molecule has 1 aliphatic carbocycles. The molecule has 0 unspecified atom stereocenters. The van der Waals surface area contributed by atoms with Gasteiger partial charge in [-0.05, 0) is 35.2 Å². The second kappa shape index (κ2) is 3.84. The number of H-pyrrole nitrogens is 1. The molecule has 1 N–H and O–H groups in total. The van der Waals surface area contributed by atoms with Gasteiger partial charge in [-0.15, -0.1) is 0 Å². The number of fused-ring (bicyclic) bond motifs is 1. The van der Waals surface area contributed by atoms with Crippen molar-refractivity contribution < 1.29 is 4.39 Å². The molecule has 0 fully saturated rings. The van der Waals surface area contributed by atoms with Crippen molar-refractivity contribution in [1.82, 2.24) is 9.97 Å². The zero-order valence-electron chi connectivity index (χ0n) is 9.57. The van der Waals surface area contributed by atoms with Crippen molar-refractivity contribution in [2.45, 2.75) is 19.3 Å². The van der Waals surface area contributed by atoms with Gasteiger partial charge in [-0.25, -0.2) is 9.37 Å². The third kappa shape index (κ3) is 1.68. The molecule has 2 aromatic rings. The number of nitrogens with zero attached hydrogens (tertiary/aromatic N) is 1. The number of allylic oxidation sites excluding steroid dienone is 1. The number of hydrogen-bond donors (Lipinski definition) is 1. The van der Waals surface area contributed by atoms with Crippen LogP contribution in [0.5, 0.6) is 0 Å². The Morgan fingerprint density at radius 1 is 1.41 bits per heavy atom. The molecule has 0 bridgehead atoms. The monoisotopic (exact) mass is 228 g/mol. The molecule has 17 heavy (non-hydrogen) atoms. The number of aromatic nitrogens is 2. The summed E-state index contributed by atoms with van der Waals surface area (Å²) in [6.07, 6.45) is 8.49. The van der Waals surface area contributed by atoms with Gasteiger partial charge < -0.3 is 4.98 Å². The lowest BCUT2D eigenvalue weighted by Gasteiger charge is -2.14. The standard InChI is InChI=1S/C14H13FN2/c1-9(14-7-16-8-17-14)13-6-11(15)5-10-3-2-4-12(10)13/h2,4-9H,3H2,1H3,(H,16,17)/t9-/m0/s1. The summed E-state index contributed by atoms with van der Waals surface area (Å²) in [6.45, 7) is 2.05. The van der Waals surface area contributed by atoms with Crippen LogP contribution in [0.25, 0.3) is 6.08 Å². The summed E-state index contributed by atoms with van der Waals surface area (Å²) in [4.78, 5) is 7.19. The number of halogens is 1. The lowest BCUT2D eigenvalue weighted by Crippen LogP contribution is -2.01. The second-order valence-electron chi connectivity index (χ2n) is 4.39. The molecule has 0 amide bonds. The lowest BCUT2D eigenvalue weighted by atomic mass is 9.91. The number of nitrogens with one attached hydrogen (secondary N) is 1. The predicted molar refractivity (Wildman–Crippen MR) is 65.2 cm³/mol. The summed E-state index contributed by atoms with van der Waals surface area (Å²) in [7, 11) is 0. The van der Waals surface area contributed by atoms with Gasteiger partial charge in [0.1, 0.15) is 5.82 Å². The first-order valence-electron chi connectivity index (χ1n) is 5.73. The Kier molecular flexibility index (Phi) is 2.32. The molecule has 1 heterocycles. The van der Waals surface area contributed by atoms with Crippen molar-refractivity contribution in [1.29, 1.82) is 0 Å². The molecule has 1 aliphatic rings. The number of aromatic amines is 1. The Morgan fingerprint density at radius 3 is 3.06 bits per heavy atom. The van der Waals surface area contributed by atoms with Gasteiger partial charge in [0.05, 0.1) is 12.0 Å². The molecule has 0 spiro atoms. The largest absolute Gasteiger partial charge is 0.351 e. The average molecular weight is 228 g/mol. The molecule has 1 atom stereocenters. The van der Waals surface area contributed by atoms with Gasteiger partial charge in [0.2, 0.25) is 0 Å². The Labute approximate surface area is 99.2 Å². The molecule has 1 aromatic heterocycles. The van der Waals surface area contributed by atoms with E-state index in [2.05, 4.69) is 29.0 Å². The quantitative estimate of drug-likeness (QED) is 0.839. The molecule has 3 rings (SSSR count). The first-order chi connectivity index (χ1) is 8.25. The molecule has 0 saturated carbocycles. The topological polar surface area (TPSA) is 28.7 Å². The minimum atomic E-state index is -0.162. The fraction of sp³-hybridized carbons (Fsp3) is 0.214. The number of rotatable bonds is 2. The van der Waals surface area contributed by atoms with Crippen LogP contribution in [0, 0.1) is 5.82 Å². The number of hydrogen-bond acceptors (Lipinski definition) is 1. The fourth-order valence-electron chi connectivity index (χ4n) is 2.40. The van der Waals surface area contributed by atoms with Gasteiger partial charge in [0.15, 0.2) is 0 Å². The van der Waals surface area contributed by atoms with E-state index in [0.29, 0.717) is 0 Å². The van der Waals surface area contributed by atoms with Crippen LogP contribution in [0.3, 0.4) is 0 Å². The summed E-state index contributed by atoms with van der Waals surface area (Å²) < 4.78 is 13.6. The molecule has 0 radical (unpaired) electrons. The van der Waals surface area contributed by atoms with Crippen molar-refractivity contribution in [3.05, 3.63) is 58.9 Å². The van der Waals surface area contributed by atoms with Crippen LogP contribution in [-0.2, 0) is 6.42 Å². The van der Waals surface area contributed by atoms with E-state index in [-0.39, 0.29) is 11.7 Å². The molecule has 86 valence electrons. The van der Waals surface area contributed by atoms with E-state index in [0.717, 1.165) is 28.8 Å². The first-order valence-corrected chi connectivity index (χ1v) is 5.73. The maximum Gasteiger partial charge on any atom is 0.123 e. The molecule has 3 heteroatoms. The molecule has 2 nitrogen and oxygen atoms in total. The summed E-state index contributed by atoms with van der Waals surface area (Å²) in [5.41, 5.74) is 4.18. The SMILES string of the molecule is C[C@H](c1c[nH]cn1)c1cc(F)cc2c1C=CC2. The van der Waals surface area contributed by atoms with Crippen LogP contribution in [0.4, 0.5) is 4.39 Å². The highest BCUT2D eigenvalue weighted by Gasteiger charge is 2.18. The summed E-state index contributed by atoms with van der Waals surface area (Å²) in [6, 6.07) is 3.24. The molecule has 0 aliphatic heterocycles. The van der Waals surface area contributed by atoms with E-state index in [1.54, 1.807) is 18.5 Å². The Bertz CT molecular complexity index is 570. The normalized spacial score (nSPS) is 14.9. The van der Waals surface area contributed by atoms with Gasteiger partial charge in [-0.2, -0.15) is 0 Å². The molecule has 0 saturated heterocycles. The Balaban J connectivity index is 2.11. The average Bonchev–Trinajstić information content (AvgIpc) is 2.97. The van der Waals surface area contributed by atoms with Crippen molar-refractivity contribution >= 4 is 6.08 Å². The maximum atomic E-state index is 13.6. The number of benzene rings is 1. The minimum Gasteiger partial charge on any atom is -0.351 e. The van der Waals surface area contributed by atoms with Crippen LogP contribution < -0.4 is 0 Å². The van der Waals surface area contributed by atoms with Crippen LogP contribution in [0.1, 0.15) is 35.2 Å². The van der Waals surface area contributed by atoms with Crippen molar-refractivity contribution in [2.24, 2.45) is 0 Å². The number of imidazole rings is 1. The van der Waals surface area contributed by atoms with E-state index in [1.807, 2.05) is 6.20 Å². The second-order valence-corrected chi connectivity index (χ2v) is 4.39. The summed E-state index contributed by atoms with van der Waals surface area (Å²) in [5.74, 6) is -0.0571. The Hall–Kier alpha value is -1.90. The van der Waals surface area contributed by atoms with Crippen LogP contribution >= 0.6 is 0 Å². The van der Waals surface area contributed by atoms with Gasteiger partial charge in [0, 0.05) is 12.1 Å². The zero-order chi connectivity index (χ0) is 11.8. The smallest absolute Gasteiger partial charge is 0.123 e. The van der Waals surface area contributed by atoms with Crippen molar-refractivity contribution in [3.8, 4) is 0 Å². The third-order valence-corrected chi connectivity index (χ3v) is 3.31. The first kappa shape index (κ1) is 10.3. The highest BCUT2D eigenvalue weighted by atomic mass is 19.1. The molecule has 1 aromatic carbocycles. The van der Waals surface area contributed by atoms with E-state index in [9.17, 15) is 4.39 Å². The van der Waals surface area contributed by atoms with Crippen molar-refractivity contribution in [3.63, 3.8) is 0 Å². The van der Waals surface area contributed by atoms with Gasteiger partial charge in [-0.1, -0.05) is 19.1 Å². The van der Waals surface area contributed by atoms with Crippen LogP contribution in [0.2, 0.25) is 0 Å². The Morgan fingerprint density at radius 2 is 2.29 bits per heavy atom. The summed E-state index contributed by atoms with van der Waals surface area (Å²) >= 11 is 0. The predicted octanol–water partition coefficient (Wildman–Crippen LogP) is 3.27. The van der Waals surface area contributed by atoms with E-state index < -0.39 is 0 Å². The molecular weight excluding hydrogens is 215 g/mol. The van der Waals surface area contributed by atoms with Crippen molar-refractivity contribution in [2.75, 3.05) is 0 Å². The van der Waals surface area contributed by atoms with Gasteiger partial charge in [-0.3, -0.25) is 0 Å². The highest BCUT2D eigenvalue weighted by Crippen LogP contribution is 2.32. The maximum absolute atomic E-state index is 13.6. The van der Waals surface area contributed by atoms with Gasteiger partial charge in [0.25, 0.3) is 0 Å².